The van der Waals surface area contributed by atoms with Gasteiger partial charge < -0.3 is 10.6 Å². The van der Waals surface area contributed by atoms with Crippen LogP contribution in [0.4, 0.5) is 4.39 Å². The zero-order chi connectivity index (χ0) is 17.9. The van der Waals surface area contributed by atoms with Crippen LogP contribution in [0.2, 0.25) is 0 Å². The van der Waals surface area contributed by atoms with Gasteiger partial charge in [-0.1, -0.05) is 0 Å². The summed E-state index contributed by atoms with van der Waals surface area (Å²) in [5, 5.41) is 0. The Morgan fingerprint density at radius 2 is 2.04 bits per heavy atom. The fourth-order valence-electron chi connectivity index (χ4n) is 2.78. The molecule has 2 atom stereocenters. The lowest BCUT2D eigenvalue weighted by Crippen LogP contribution is -2.49. The molecule has 0 saturated carbocycles. The normalized spacial score (nSPS) is 20.6. The van der Waals surface area contributed by atoms with Crippen LogP contribution in [0, 0.1) is 11.7 Å². The van der Waals surface area contributed by atoms with Crippen molar-refractivity contribution in [1.29, 1.82) is 0 Å². The molecule has 0 spiro atoms. The summed E-state index contributed by atoms with van der Waals surface area (Å²) < 4.78 is 39.7. The molecule has 8 heteroatoms. The lowest BCUT2D eigenvalue weighted by Gasteiger charge is -2.34. The highest BCUT2D eigenvalue weighted by Gasteiger charge is 2.35. The van der Waals surface area contributed by atoms with Crippen LogP contribution in [0.5, 0.6) is 0 Å². The van der Waals surface area contributed by atoms with E-state index in [9.17, 15) is 17.6 Å². The molecule has 2 rings (SSSR count). The highest BCUT2D eigenvalue weighted by atomic mass is 32.2. The fourth-order valence-corrected chi connectivity index (χ4v) is 4.31. The topological polar surface area (TPSA) is 83.7 Å². The van der Waals surface area contributed by atoms with Crippen molar-refractivity contribution in [3.05, 3.63) is 30.1 Å². The first-order chi connectivity index (χ1) is 11.3. The summed E-state index contributed by atoms with van der Waals surface area (Å²) in [6.45, 7) is 2.71. The van der Waals surface area contributed by atoms with Crippen LogP contribution in [0.15, 0.2) is 29.2 Å². The largest absolute Gasteiger partial charge is 0.342 e. The molecule has 0 radical (unpaired) electrons. The smallest absolute Gasteiger partial charge is 0.243 e. The number of halogens is 1. The number of piperidine rings is 1. The van der Waals surface area contributed by atoms with E-state index in [1.165, 1.54) is 16.4 Å². The molecule has 1 aliphatic rings. The van der Waals surface area contributed by atoms with Gasteiger partial charge in [0.1, 0.15) is 5.82 Å². The second kappa shape index (κ2) is 7.58. The minimum absolute atomic E-state index is 0.0423. The lowest BCUT2D eigenvalue weighted by molar-refractivity contribution is -0.137. The van der Waals surface area contributed by atoms with Gasteiger partial charge in [0.2, 0.25) is 15.9 Å². The highest BCUT2D eigenvalue weighted by molar-refractivity contribution is 7.89. The molecule has 2 unspecified atom stereocenters. The standard InChI is InChI=1S/C16H24FN3O3S/c1-12(10-18)19(2)16(21)13-4-3-9-20(11-13)24(22,23)15-7-5-14(17)6-8-15/h5-8,12-13H,3-4,9-11,18H2,1-2H3. The van der Waals surface area contributed by atoms with E-state index in [4.69, 9.17) is 5.73 Å². The fraction of sp³-hybridized carbons (Fsp3) is 0.562. The van der Waals surface area contributed by atoms with Crippen molar-refractivity contribution in [2.24, 2.45) is 11.7 Å². The second-order valence-electron chi connectivity index (χ2n) is 6.19. The average molecular weight is 357 g/mol. The van der Waals surface area contributed by atoms with Gasteiger partial charge in [-0.2, -0.15) is 4.31 Å². The summed E-state index contributed by atoms with van der Waals surface area (Å²) in [5.74, 6) is -0.960. The Bertz CT molecular complexity index is 678. The molecule has 1 heterocycles. The third-order valence-electron chi connectivity index (χ3n) is 4.53. The molecule has 0 aliphatic carbocycles. The molecule has 1 aliphatic heterocycles. The quantitative estimate of drug-likeness (QED) is 0.853. The van der Waals surface area contributed by atoms with E-state index in [-0.39, 0.29) is 29.3 Å². The first kappa shape index (κ1) is 18.8. The Morgan fingerprint density at radius 3 is 2.62 bits per heavy atom. The molecule has 6 nitrogen and oxygen atoms in total. The van der Waals surface area contributed by atoms with Gasteiger partial charge in [-0.25, -0.2) is 12.8 Å². The number of nitrogens with zero attached hydrogens (tertiary/aromatic N) is 2. The van der Waals surface area contributed by atoms with E-state index in [2.05, 4.69) is 0 Å². The summed E-state index contributed by atoms with van der Waals surface area (Å²) in [6, 6.07) is 4.64. The Morgan fingerprint density at radius 1 is 1.42 bits per heavy atom. The van der Waals surface area contributed by atoms with Gasteiger partial charge in [-0.15, -0.1) is 0 Å². The molecule has 1 aromatic rings. The van der Waals surface area contributed by atoms with Gasteiger partial charge in [-0.3, -0.25) is 4.79 Å². The van der Waals surface area contributed by atoms with Crippen LogP contribution in [0.25, 0.3) is 0 Å². The lowest BCUT2D eigenvalue weighted by atomic mass is 9.97. The van der Waals surface area contributed by atoms with Crippen LogP contribution in [-0.4, -0.2) is 56.3 Å². The van der Waals surface area contributed by atoms with Crippen LogP contribution >= 0.6 is 0 Å². The molecule has 0 aromatic heterocycles. The van der Waals surface area contributed by atoms with E-state index in [0.717, 1.165) is 12.1 Å². The van der Waals surface area contributed by atoms with Gasteiger partial charge in [0.05, 0.1) is 10.8 Å². The van der Waals surface area contributed by atoms with Crippen molar-refractivity contribution in [3.8, 4) is 0 Å². The summed E-state index contributed by atoms with van der Waals surface area (Å²) in [6.07, 6.45) is 1.26. The average Bonchev–Trinajstić information content (AvgIpc) is 2.60. The van der Waals surface area contributed by atoms with Crippen LogP contribution < -0.4 is 5.73 Å². The highest BCUT2D eigenvalue weighted by Crippen LogP contribution is 2.25. The number of amides is 1. The molecule has 1 saturated heterocycles. The van der Waals surface area contributed by atoms with Crippen molar-refractivity contribution in [3.63, 3.8) is 0 Å². The van der Waals surface area contributed by atoms with E-state index in [0.29, 0.717) is 25.9 Å². The maximum absolute atomic E-state index is 13.0. The molecule has 1 fully saturated rings. The van der Waals surface area contributed by atoms with Crippen molar-refractivity contribution in [2.75, 3.05) is 26.7 Å². The number of carbonyl (C=O) groups is 1. The number of likely N-dealkylation sites (N-methyl/N-ethyl adjacent to an activating group) is 1. The molecule has 0 bridgehead atoms. The van der Waals surface area contributed by atoms with Gasteiger partial charge in [-0.05, 0) is 44.0 Å². The molecular weight excluding hydrogens is 333 g/mol. The van der Waals surface area contributed by atoms with Crippen molar-refractivity contribution < 1.29 is 17.6 Å². The predicted octanol–water partition coefficient (Wildman–Crippen LogP) is 1.03. The van der Waals surface area contributed by atoms with Crippen LogP contribution in [-0.2, 0) is 14.8 Å². The Hall–Kier alpha value is -1.51. The molecule has 2 N–H and O–H groups in total. The monoisotopic (exact) mass is 357 g/mol. The van der Waals surface area contributed by atoms with Gasteiger partial charge in [0.25, 0.3) is 0 Å². The first-order valence-corrected chi connectivity index (χ1v) is 9.44. The number of benzene rings is 1. The van der Waals surface area contributed by atoms with Gasteiger partial charge >= 0.3 is 0 Å². The zero-order valence-corrected chi connectivity index (χ0v) is 14.8. The number of hydrogen-bond donors (Lipinski definition) is 1. The number of sulfonamides is 1. The van der Waals surface area contributed by atoms with E-state index in [1.54, 1.807) is 11.9 Å². The molecule has 134 valence electrons. The second-order valence-corrected chi connectivity index (χ2v) is 8.13. The Kier molecular flexibility index (Phi) is 5.95. The van der Waals surface area contributed by atoms with E-state index >= 15 is 0 Å². The SMILES string of the molecule is CC(CN)N(C)C(=O)C1CCCN(S(=O)(=O)c2ccc(F)cc2)C1. The Labute approximate surface area is 142 Å². The van der Waals surface area contributed by atoms with E-state index in [1.807, 2.05) is 6.92 Å². The third-order valence-corrected chi connectivity index (χ3v) is 6.41. The van der Waals surface area contributed by atoms with Crippen LogP contribution in [0.1, 0.15) is 19.8 Å². The number of hydrogen-bond acceptors (Lipinski definition) is 4. The maximum atomic E-state index is 13.0. The first-order valence-electron chi connectivity index (χ1n) is 7.99. The molecular formula is C16H24FN3O3S. The van der Waals surface area contributed by atoms with Crippen LogP contribution in [0.3, 0.4) is 0 Å². The molecule has 24 heavy (non-hydrogen) atoms. The van der Waals surface area contributed by atoms with E-state index < -0.39 is 15.8 Å². The van der Waals surface area contributed by atoms with Gasteiger partial charge in [0.15, 0.2) is 0 Å². The summed E-state index contributed by atoms with van der Waals surface area (Å²) in [4.78, 5) is 14.2. The predicted molar refractivity (Wildman–Crippen MR) is 89.2 cm³/mol. The van der Waals surface area contributed by atoms with Crippen molar-refractivity contribution in [2.45, 2.75) is 30.7 Å². The maximum Gasteiger partial charge on any atom is 0.243 e. The zero-order valence-electron chi connectivity index (χ0n) is 14.0. The number of carbonyl (C=O) groups excluding carboxylic acids is 1. The van der Waals surface area contributed by atoms with Gasteiger partial charge in [0, 0.05) is 32.7 Å². The molecule has 1 aromatic carbocycles. The summed E-state index contributed by atoms with van der Waals surface area (Å²) in [5.41, 5.74) is 5.59. The minimum Gasteiger partial charge on any atom is -0.342 e. The third kappa shape index (κ3) is 3.93. The number of nitrogens with two attached hydrogens (primary N) is 1. The molecule has 1 amide bonds. The van der Waals surface area contributed by atoms with Crippen molar-refractivity contribution >= 4 is 15.9 Å². The minimum atomic E-state index is -3.73. The van der Waals surface area contributed by atoms with Crippen molar-refractivity contribution in [1.82, 2.24) is 9.21 Å². The number of rotatable bonds is 5. The Balaban J connectivity index is 2.15. The summed E-state index contributed by atoms with van der Waals surface area (Å²) >= 11 is 0. The summed E-state index contributed by atoms with van der Waals surface area (Å²) in [7, 11) is -2.04.